The minimum atomic E-state index is -3.04. The highest BCUT2D eigenvalue weighted by Gasteiger charge is 2.58. The molecule has 0 heterocycles. The molecule has 0 atom stereocenters. The molecule has 6 nitrogen and oxygen atoms in total. The molecule has 0 radical (unpaired) electrons. The van der Waals surface area contributed by atoms with Gasteiger partial charge in [-0.15, -0.1) is 0 Å². The molecule has 23 heavy (non-hydrogen) atoms. The highest BCUT2D eigenvalue weighted by atomic mass is 28.5. The van der Waals surface area contributed by atoms with Gasteiger partial charge in [-0.3, -0.25) is 0 Å². The Labute approximate surface area is 144 Å². The molecule has 0 aliphatic rings. The molecule has 0 amide bonds. The maximum Gasteiger partial charge on any atom is 0.519 e. The average Bonchev–Trinajstić information content (AvgIpc) is 2.56. The monoisotopic (exact) mass is 380 g/mol. The van der Waals surface area contributed by atoms with Crippen LogP contribution in [-0.2, 0) is 25.9 Å². The summed E-state index contributed by atoms with van der Waals surface area (Å²) < 4.78 is 35.1. The molecule has 9 heteroatoms. The second-order valence-electron chi connectivity index (χ2n) is 5.67. The van der Waals surface area contributed by atoms with Gasteiger partial charge in [0.25, 0.3) is 0 Å². The van der Waals surface area contributed by atoms with E-state index in [2.05, 4.69) is 40.9 Å². The molecule has 0 aromatic rings. The lowest BCUT2D eigenvalue weighted by molar-refractivity contribution is 0.120. The van der Waals surface area contributed by atoms with Crippen molar-refractivity contribution < 1.29 is 25.9 Å². The second-order valence-corrected chi connectivity index (χ2v) is 15.9. The first-order chi connectivity index (χ1) is 10.7. The molecule has 0 saturated heterocycles. The molecule has 0 N–H and O–H groups in total. The van der Waals surface area contributed by atoms with Crippen LogP contribution < -0.4 is 0 Å². The lowest BCUT2D eigenvalue weighted by Gasteiger charge is -2.45. The minimum absolute atomic E-state index is 0.108. The van der Waals surface area contributed by atoms with Crippen molar-refractivity contribution in [1.29, 1.82) is 0 Å². The molecule has 0 fully saturated rings. The Bertz CT molecular complexity index is 345. The topological polar surface area (TPSA) is 55.4 Å². The van der Waals surface area contributed by atoms with Crippen LogP contribution in [0, 0.1) is 0 Å². The summed E-state index contributed by atoms with van der Waals surface area (Å²) in [4.78, 5) is 0. The first kappa shape index (κ1) is 22.9. The van der Waals surface area contributed by atoms with Crippen molar-refractivity contribution in [1.82, 2.24) is 0 Å². The van der Waals surface area contributed by atoms with Crippen LogP contribution in [0.3, 0.4) is 0 Å². The van der Waals surface area contributed by atoms with Gasteiger partial charge in [0.2, 0.25) is 0 Å². The first-order valence-electron chi connectivity index (χ1n) is 7.55. The molecule has 0 aliphatic carbocycles. The zero-order valence-electron chi connectivity index (χ0n) is 15.7. The van der Waals surface area contributed by atoms with E-state index in [0.717, 1.165) is 0 Å². The SMILES string of the molecule is C=C[Si](OC)(OC)O[Si](O[Si](C=C)(OC)OC)(C(C)C)C(C)C. The lowest BCUT2D eigenvalue weighted by atomic mass is 10.5. The van der Waals surface area contributed by atoms with Gasteiger partial charge in [-0.1, -0.05) is 40.9 Å². The van der Waals surface area contributed by atoms with E-state index in [4.69, 9.17) is 25.9 Å². The van der Waals surface area contributed by atoms with Crippen LogP contribution >= 0.6 is 0 Å². The normalized spacial score (nSPS) is 13.7. The third-order valence-corrected chi connectivity index (χ3v) is 15.2. The highest BCUT2D eigenvalue weighted by molar-refractivity contribution is 6.87. The van der Waals surface area contributed by atoms with Crippen LogP contribution in [0.5, 0.6) is 0 Å². The molecule has 0 saturated carbocycles. The summed E-state index contributed by atoms with van der Waals surface area (Å²) in [7, 11) is -2.71. The molecule has 0 unspecified atom stereocenters. The summed E-state index contributed by atoms with van der Waals surface area (Å²) in [6.07, 6.45) is 0. The average molecular weight is 381 g/mol. The van der Waals surface area contributed by atoms with Gasteiger partial charge in [0.15, 0.2) is 0 Å². The van der Waals surface area contributed by atoms with Gasteiger partial charge >= 0.3 is 26.2 Å². The smallest absolute Gasteiger partial charge is 0.390 e. The Morgan fingerprint density at radius 2 is 0.913 bits per heavy atom. The molecule has 0 aromatic carbocycles. The van der Waals surface area contributed by atoms with Crippen molar-refractivity contribution in [3.8, 4) is 0 Å². The Balaban J connectivity index is 6.03. The summed E-state index contributed by atoms with van der Waals surface area (Å²) in [6.45, 7) is 15.9. The van der Waals surface area contributed by atoms with Gasteiger partial charge < -0.3 is 25.9 Å². The van der Waals surface area contributed by atoms with E-state index in [1.807, 2.05) is 0 Å². The van der Waals surface area contributed by atoms with Crippen molar-refractivity contribution in [3.63, 3.8) is 0 Å². The molecule has 0 aliphatic heterocycles. The maximum atomic E-state index is 6.48. The third-order valence-electron chi connectivity index (χ3n) is 3.85. The van der Waals surface area contributed by atoms with Crippen LogP contribution in [0.4, 0.5) is 0 Å². The number of rotatable bonds is 12. The number of hydrogen-bond donors (Lipinski definition) is 0. The van der Waals surface area contributed by atoms with E-state index in [1.165, 1.54) is 0 Å². The zero-order valence-corrected chi connectivity index (χ0v) is 18.7. The predicted octanol–water partition coefficient (Wildman–Crippen LogP) is 3.20. The van der Waals surface area contributed by atoms with E-state index in [0.29, 0.717) is 0 Å². The van der Waals surface area contributed by atoms with Crippen molar-refractivity contribution in [2.24, 2.45) is 0 Å². The molecule has 0 aromatic heterocycles. The zero-order chi connectivity index (χ0) is 18.3. The van der Waals surface area contributed by atoms with Crippen molar-refractivity contribution >= 4 is 26.2 Å². The molecule has 0 rings (SSSR count). The second kappa shape index (κ2) is 9.39. The van der Waals surface area contributed by atoms with Crippen LogP contribution in [-0.4, -0.2) is 54.6 Å². The van der Waals surface area contributed by atoms with E-state index < -0.39 is 26.2 Å². The molecular formula is C14H32O6Si3. The largest absolute Gasteiger partial charge is 0.519 e. The fourth-order valence-electron chi connectivity index (χ4n) is 2.35. The summed E-state index contributed by atoms with van der Waals surface area (Å²) in [5.74, 6) is 0. The molecule has 0 spiro atoms. The highest BCUT2D eigenvalue weighted by Crippen LogP contribution is 2.39. The van der Waals surface area contributed by atoms with E-state index in [1.54, 1.807) is 39.8 Å². The Morgan fingerprint density at radius 3 is 1.04 bits per heavy atom. The summed E-state index contributed by atoms with van der Waals surface area (Å²) in [5, 5.41) is 0. The van der Waals surface area contributed by atoms with Gasteiger partial charge in [0, 0.05) is 28.4 Å². The van der Waals surface area contributed by atoms with Gasteiger partial charge in [-0.05, 0) is 22.5 Å². The Hall–Kier alpha value is -0.109. The first-order valence-corrected chi connectivity index (χ1v) is 13.1. The number of hydrogen-bond acceptors (Lipinski definition) is 6. The lowest BCUT2D eigenvalue weighted by Crippen LogP contribution is -2.64. The minimum Gasteiger partial charge on any atom is -0.390 e. The maximum absolute atomic E-state index is 6.48. The quantitative estimate of drug-likeness (QED) is 0.485. The van der Waals surface area contributed by atoms with Gasteiger partial charge in [-0.25, -0.2) is 0 Å². The van der Waals surface area contributed by atoms with Crippen molar-refractivity contribution in [3.05, 3.63) is 24.6 Å². The predicted molar refractivity (Wildman–Crippen MR) is 98.1 cm³/mol. The fraction of sp³-hybridized carbons (Fsp3) is 0.714. The van der Waals surface area contributed by atoms with Gasteiger partial charge in [-0.2, -0.15) is 0 Å². The van der Waals surface area contributed by atoms with Crippen molar-refractivity contribution in [2.45, 2.75) is 38.8 Å². The van der Waals surface area contributed by atoms with Crippen molar-refractivity contribution in [2.75, 3.05) is 28.4 Å². The third kappa shape index (κ3) is 4.94. The molecule has 0 bridgehead atoms. The van der Waals surface area contributed by atoms with Gasteiger partial charge in [0.05, 0.1) is 0 Å². The van der Waals surface area contributed by atoms with E-state index in [9.17, 15) is 0 Å². The standard InChI is InChI=1S/C14H32O6Si3/c1-11-21(15-7,16-8)19-23(13(3)4,14(5)6)20-22(12-2,17-9)18-10/h11-14H,1-2H2,3-10H3. The van der Waals surface area contributed by atoms with Crippen LogP contribution in [0.25, 0.3) is 0 Å². The Kier molecular flexibility index (Phi) is 9.35. The summed E-state index contributed by atoms with van der Waals surface area (Å²) >= 11 is 0. The van der Waals surface area contributed by atoms with E-state index in [-0.39, 0.29) is 11.1 Å². The van der Waals surface area contributed by atoms with Crippen LogP contribution in [0.2, 0.25) is 11.1 Å². The molecular weight excluding hydrogens is 348 g/mol. The van der Waals surface area contributed by atoms with E-state index >= 15 is 0 Å². The van der Waals surface area contributed by atoms with Crippen LogP contribution in [0.1, 0.15) is 27.7 Å². The fourth-order valence-corrected chi connectivity index (χ4v) is 14.6. The molecule has 136 valence electrons. The van der Waals surface area contributed by atoms with Crippen LogP contribution in [0.15, 0.2) is 24.6 Å². The summed E-state index contributed by atoms with van der Waals surface area (Å²) in [5.41, 5.74) is 3.44. The summed E-state index contributed by atoms with van der Waals surface area (Å²) in [6, 6.07) is 0. The van der Waals surface area contributed by atoms with Gasteiger partial charge in [0.1, 0.15) is 0 Å². The Morgan fingerprint density at radius 1 is 0.652 bits per heavy atom.